The van der Waals surface area contributed by atoms with Crippen LogP contribution < -0.4 is 0 Å². The minimum absolute atomic E-state index is 0.247. The van der Waals surface area contributed by atoms with Crippen LogP contribution in [-0.4, -0.2) is 19.5 Å². The van der Waals surface area contributed by atoms with E-state index in [1.165, 1.54) is 11.3 Å². The quantitative estimate of drug-likeness (QED) is 0.655. The summed E-state index contributed by atoms with van der Waals surface area (Å²) in [6.45, 7) is 1.28. The van der Waals surface area contributed by atoms with Crippen molar-refractivity contribution in [1.29, 1.82) is 0 Å². The van der Waals surface area contributed by atoms with Crippen LogP contribution in [0.2, 0.25) is 0 Å². The number of hydrogen-bond acceptors (Lipinski definition) is 4. The van der Waals surface area contributed by atoms with Gasteiger partial charge in [-0.15, -0.1) is 11.3 Å². The fraction of sp³-hybridized carbons (Fsp3) is 0.375. The van der Waals surface area contributed by atoms with Crippen molar-refractivity contribution in [3.05, 3.63) is 21.9 Å². The van der Waals surface area contributed by atoms with Crippen molar-refractivity contribution in [2.24, 2.45) is 0 Å². The maximum absolute atomic E-state index is 10.4. The highest BCUT2D eigenvalue weighted by Crippen LogP contribution is 2.28. The van der Waals surface area contributed by atoms with E-state index < -0.39 is 0 Å². The summed E-state index contributed by atoms with van der Waals surface area (Å²) >= 11 is 1.41. The molecule has 0 bridgehead atoms. The van der Waals surface area contributed by atoms with Gasteiger partial charge in [-0.3, -0.25) is 4.79 Å². The fourth-order valence-corrected chi connectivity index (χ4v) is 1.91. The van der Waals surface area contributed by atoms with Crippen molar-refractivity contribution in [1.82, 2.24) is 0 Å². The normalized spacial score (nSPS) is 18.3. The molecule has 0 aromatic carbocycles. The van der Waals surface area contributed by atoms with Gasteiger partial charge in [-0.2, -0.15) is 0 Å². The Morgan fingerprint density at radius 3 is 2.75 bits per heavy atom. The highest BCUT2D eigenvalue weighted by molar-refractivity contribution is 7.13. The topological polar surface area (TPSA) is 35.5 Å². The van der Waals surface area contributed by atoms with Crippen LogP contribution in [0.25, 0.3) is 0 Å². The van der Waals surface area contributed by atoms with Crippen LogP contribution >= 0.6 is 11.3 Å². The number of ether oxygens (including phenoxy) is 2. The summed E-state index contributed by atoms with van der Waals surface area (Å²) in [5.74, 6) is 0. The minimum Gasteiger partial charge on any atom is -0.345 e. The Morgan fingerprint density at radius 2 is 2.17 bits per heavy atom. The highest BCUT2D eigenvalue weighted by Gasteiger charge is 2.19. The third-order valence-electron chi connectivity index (χ3n) is 1.62. The Bertz CT molecular complexity index is 276. The van der Waals surface area contributed by atoms with Crippen LogP contribution in [-0.2, 0) is 9.47 Å². The van der Waals surface area contributed by atoms with Crippen molar-refractivity contribution in [2.75, 3.05) is 13.2 Å². The monoisotopic (exact) mass is 184 g/mol. The predicted molar refractivity (Wildman–Crippen MR) is 44.4 cm³/mol. The summed E-state index contributed by atoms with van der Waals surface area (Å²) in [7, 11) is 0. The lowest BCUT2D eigenvalue weighted by atomic mass is 10.4. The first kappa shape index (κ1) is 7.91. The average Bonchev–Trinajstić information content (AvgIpc) is 2.75. The summed E-state index contributed by atoms with van der Waals surface area (Å²) in [6.07, 6.45) is 0.590. The molecule has 2 rings (SSSR count). The molecule has 0 N–H and O–H groups in total. The first-order valence-electron chi connectivity index (χ1n) is 3.68. The highest BCUT2D eigenvalue weighted by atomic mass is 32.1. The van der Waals surface area contributed by atoms with Crippen LogP contribution in [0.5, 0.6) is 0 Å². The Labute approximate surface area is 73.9 Å². The summed E-state index contributed by atoms with van der Waals surface area (Å²) in [5, 5.41) is 0. The molecular formula is C8H8O3S. The zero-order valence-electron chi connectivity index (χ0n) is 6.36. The standard InChI is InChI=1S/C8H8O3S/c9-5-6-1-2-7(12-6)8-10-3-4-11-8/h1-2,5,8H,3-4H2. The second-order valence-corrected chi connectivity index (χ2v) is 3.58. The summed E-state index contributed by atoms with van der Waals surface area (Å²) < 4.78 is 10.5. The lowest BCUT2D eigenvalue weighted by molar-refractivity contribution is -0.0413. The molecule has 3 nitrogen and oxygen atoms in total. The molecule has 12 heavy (non-hydrogen) atoms. The SMILES string of the molecule is O=Cc1ccc(C2OCCO2)s1. The largest absolute Gasteiger partial charge is 0.345 e. The molecule has 64 valence electrons. The molecule has 1 fully saturated rings. The fourth-order valence-electron chi connectivity index (χ4n) is 1.08. The lowest BCUT2D eigenvalue weighted by Gasteiger charge is -2.03. The molecule has 1 aromatic rings. The minimum atomic E-state index is -0.247. The van der Waals surface area contributed by atoms with E-state index >= 15 is 0 Å². The first-order chi connectivity index (χ1) is 5.90. The van der Waals surface area contributed by atoms with E-state index in [-0.39, 0.29) is 6.29 Å². The second kappa shape index (κ2) is 3.35. The molecule has 1 aromatic heterocycles. The van der Waals surface area contributed by atoms with Crippen molar-refractivity contribution in [2.45, 2.75) is 6.29 Å². The van der Waals surface area contributed by atoms with Crippen molar-refractivity contribution >= 4 is 17.6 Å². The lowest BCUT2D eigenvalue weighted by Crippen LogP contribution is -1.93. The Morgan fingerprint density at radius 1 is 1.42 bits per heavy atom. The molecule has 2 heterocycles. The van der Waals surface area contributed by atoms with Crippen molar-refractivity contribution in [3.8, 4) is 0 Å². The van der Waals surface area contributed by atoms with Gasteiger partial charge in [-0.05, 0) is 12.1 Å². The molecule has 0 aliphatic carbocycles. The smallest absolute Gasteiger partial charge is 0.193 e. The summed E-state index contributed by atoms with van der Waals surface area (Å²) in [6, 6.07) is 3.64. The van der Waals surface area contributed by atoms with Crippen LogP contribution in [0.15, 0.2) is 12.1 Å². The van der Waals surface area contributed by atoms with Crippen molar-refractivity contribution in [3.63, 3.8) is 0 Å². The third-order valence-corrected chi connectivity index (χ3v) is 2.65. The zero-order valence-corrected chi connectivity index (χ0v) is 7.17. The first-order valence-corrected chi connectivity index (χ1v) is 4.50. The Hall–Kier alpha value is -0.710. The van der Waals surface area contributed by atoms with Crippen molar-refractivity contribution < 1.29 is 14.3 Å². The third kappa shape index (κ3) is 1.41. The average molecular weight is 184 g/mol. The van der Waals surface area contributed by atoms with Gasteiger partial charge < -0.3 is 9.47 Å². The maximum atomic E-state index is 10.4. The van der Waals surface area contributed by atoms with Gasteiger partial charge in [0, 0.05) is 0 Å². The molecule has 4 heteroatoms. The molecular weight excluding hydrogens is 176 g/mol. The van der Waals surface area contributed by atoms with Gasteiger partial charge in [0.1, 0.15) is 0 Å². The molecule has 0 spiro atoms. The van der Waals surface area contributed by atoms with E-state index in [1.807, 2.05) is 6.07 Å². The van der Waals surface area contributed by atoms with E-state index in [2.05, 4.69) is 0 Å². The molecule has 0 unspecified atom stereocenters. The number of thiophene rings is 1. The van der Waals surface area contributed by atoms with E-state index in [1.54, 1.807) is 6.07 Å². The maximum Gasteiger partial charge on any atom is 0.193 e. The van der Waals surface area contributed by atoms with Gasteiger partial charge in [-0.1, -0.05) is 0 Å². The van der Waals surface area contributed by atoms with Crippen LogP contribution in [0.4, 0.5) is 0 Å². The molecule has 0 saturated carbocycles. The van der Waals surface area contributed by atoms with Crippen LogP contribution in [0.3, 0.4) is 0 Å². The van der Waals surface area contributed by atoms with Gasteiger partial charge in [0.25, 0.3) is 0 Å². The number of carbonyl (C=O) groups is 1. The molecule has 0 atom stereocenters. The Balaban J connectivity index is 2.16. The molecule has 1 saturated heterocycles. The summed E-state index contributed by atoms with van der Waals surface area (Å²) in [5.41, 5.74) is 0. The predicted octanol–water partition coefficient (Wildman–Crippen LogP) is 1.61. The van der Waals surface area contributed by atoms with E-state index in [9.17, 15) is 4.79 Å². The molecule has 0 radical (unpaired) electrons. The number of rotatable bonds is 2. The van der Waals surface area contributed by atoms with Crippen LogP contribution in [0, 0.1) is 0 Å². The van der Waals surface area contributed by atoms with E-state index in [0.29, 0.717) is 18.1 Å². The summed E-state index contributed by atoms with van der Waals surface area (Å²) in [4.78, 5) is 12.0. The molecule has 0 amide bonds. The van der Waals surface area contributed by atoms with Gasteiger partial charge in [-0.25, -0.2) is 0 Å². The second-order valence-electron chi connectivity index (χ2n) is 2.43. The van der Waals surface area contributed by atoms with Gasteiger partial charge >= 0.3 is 0 Å². The van der Waals surface area contributed by atoms with Gasteiger partial charge in [0.15, 0.2) is 12.6 Å². The zero-order chi connectivity index (χ0) is 8.39. The number of carbonyl (C=O) groups excluding carboxylic acids is 1. The molecule has 1 aliphatic heterocycles. The van der Waals surface area contributed by atoms with Gasteiger partial charge in [0.2, 0.25) is 0 Å². The number of aldehydes is 1. The van der Waals surface area contributed by atoms with Crippen LogP contribution in [0.1, 0.15) is 20.8 Å². The molecule has 1 aliphatic rings. The van der Waals surface area contributed by atoms with E-state index in [4.69, 9.17) is 9.47 Å². The van der Waals surface area contributed by atoms with E-state index in [0.717, 1.165) is 11.2 Å². The Kier molecular flexibility index (Phi) is 2.21. The van der Waals surface area contributed by atoms with Gasteiger partial charge in [0.05, 0.1) is 23.0 Å². The number of hydrogen-bond donors (Lipinski definition) is 0.